The number of carbonyl (C=O) groups is 1. The summed E-state index contributed by atoms with van der Waals surface area (Å²) in [5.41, 5.74) is 4.39. The Kier molecular flexibility index (Phi) is 6.37. The second kappa shape index (κ2) is 9.20. The molecule has 2 heterocycles. The minimum atomic E-state index is -0.315. The molecule has 4 rings (SSSR count). The number of hydrogen-bond donors (Lipinski definition) is 2. The summed E-state index contributed by atoms with van der Waals surface area (Å²) in [6.07, 6.45) is 3.45. The number of amides is 1. The third-order valence-electron chi connectivity index (χ3n) is 6.31. The van der Waals surface area contributed by atoms with Crippen LogP contribution in [0.15, 0.2) is 48.7 Å². The fraction of sp³-hybridized carbons (Fsp3) is 0.280. The van der Waals surface area contributed by atoms with E-state index in [1.54, 1.807) is 42.2 Å². The van der Waals surface area contributed by atoms with Crippen LogP contribution in [0, 0.1) is 30.1 Å². The molecule has 4 nitrogen and oxygen atoms in total. The van der Waals surface area contributed by atoms with E-state index in [0.717, 1.165) is 35.2 Å². The number of nitrogens with one attached hydrogen (secondary N) is 2. The first kappa shape index (κ1) is 22.1. The molecule has 1 fully saturated rings. The number of H-pyrrole nitrogens is 1. The van der Waals surface area contributed by atoms with E-state index in [4.69, 9.17) is 12.2 Å². The van der Waals surface area contributed by atoms with Crippen LogP contribution in [0.1, 0.15) is 40.5 Å². The van der Waals surface area contributed by atoms with Crippen LogP contribution >= 0.6 is 12.2 Å². The van der Waals surface area contributed by atoms with E-state index in [-0.39, 0.29) is 23.5 Å². The molecule has 32 heavy (non-hydrogen) atoms. The van der Waals surface area contributed by atoms with Gasteiger partial charge in [-0.1, -0.05) is 36.5 Å². The Labute approximate surface area is 191 Å². The second-order valence-electron chi connectivity index (χ2n) is 8.29. The molecule has 2 atom stereocenters. The predicted molar refractivity (Wildman–Crippen MR) is 125 cm³/mol. The predicted octanol–water partition coefficient (Wildman–Crippen LogP) is 6.11. The van der Waals surface area contributed by atoms with Gasteiger partial charge in [0.1, 0.15) is 16.3 Å². The maximum absolute atomic E-state index is 14.8. The molecule has 0 aliphatic carbocycles. The van der Waals surface area contributed by atoms with Crippen molar-refractivity contribution in [1.82, 2.24) is 9.88 Å². The Balaban J connectivity index is 1.82. The molecule has 0 bridgehead atoms. The average Bonchev–Trinajstić information content (AvgIpc) is 2.80. The van der Waals surface area contributed by atoms with Gasteiger partial charge in [-0.2, -0.15) is 0 Å². The number of benzene rings is 2. The highest BCUT2D eigenvalue weighted by molar-refractivity contribution is 7.71. The molecule has 0 saturated carbocycles. The van der Waals surface area contributed by atoms with Crippen molar-refractivity contribution in [3.05, 3.63) is 87.2 Å². The van der Waals surface area contributed by atoms with E-state index in [1.165, 1.54) is 12.1 Å². The van der Waals surface area contributed by atoms with Gasteiger partial charge in [0.25, 0.3) is 0 Å². The molecule has 3 aromatic rings. The summed E-state index contributed by atoms with van der Waals surface area (Å²) in [6, 6.07) is 11.7. The van der Waals surface area contributed by atoms with Crippen LogP contribution in [0.5, 0.6) is 0 Å². The van der Waals surface area contributed by atoms with Crippen LogP contribution in [0.2, 0.25) is 0 Å². The Hall–Kier alpha value is -3.06. The Morgan fingerprint density at radius 1 is 1.12 bits per heavy atom. The van der Waals surface area contributed by atoms with Gasteiger partial charge in [0.05, 0.1) is 5.69 Å². The van der Waals surface area contributed by atoms with Crippen molar-refractivity contribution in [3.8, 4) is 0 Å². The zero-order chi connectivity index (χ0) is 22.8. The number of likely N-dealkylation sites (tertiary alicyclic amines) is 1. The minimum Gasteiger partial charge on any atom is -0.353 e. The van der Waals surface area contributed by atoms with Crippen LogP contribution in [0.25, 0.3) is 0 Å². The number of aromatic amines is 1. The summed E-state index contributed by atoms with van der Waals surface area (Å²) >= 11 is 5.46. The summed E-state index contributed by atoms with van der Waals surface area (Å²) in [7, 11) is 0. The molecule has 2 aromatic carbocycles. The highest BCUT2D eigenvalue weighted by Crippen LogP contribution is 2.43. The van der Waals surface area contributed by atoms with Gasteiger partial charge >= 0.3 is 0 Å². The number of piperidine rings is 1. The lowest BCUT2D eigenvalue weighted by molar-refractivity contribution is -0.119. The molecule has 2 N–H and O–H groups in total. The third-order valence-corrected chi connectivity index (χ3v) is 6.73. The number of nitrogens with zero attached hydrogens (tertiary/aromatic N) is 1. The van der Waals surface area contributed by atoms with Crippen molar-refractivity contribution in [2.45, 2.75) is 32.1 Å². The molecule has 1 amide bonds. The van der Waals surface area contributed by atoms with Crippen molar-refractivity contribution in [2.75, 3.05) is 18.4 Å². The van der Waals surface area contributed by atoms with Crippen LogP contribution in [-0.2, 0) is 4.79 Å². The van der Waals surface area contributed by atoms with Gasteiger partial charge in [-0.25, -0.2) is 8.78 Å². The van der Waals surface area contributed by atoms with Crippen molar-refractivity contribution in [1.29, 1.82) is 0 Å². The van der Waals surface area contributed by atoms with Crippen molar-refractivity contribution in [3.63, 3.8) is 0 Å². The first-order valence-electron chi connectivity index (χ1n) is 10.6. The second-order valence-corrected chi connectivity index (χ2v) is 8.70. The molecule has 166 valence electrons. The van der Waals surface area contributed by atoms with Gasteiger partial charge in [-0.3, -0.25) is 4.79 Å². The fourth-order valence-electron chi connectivity index (χ4n) is 4.49. The number of aryl methyl sites for hydroxylation is 1. The van der Waals surface area contributed by atoms with E-state index in [9.17, 15) is 13.6 Å². The normalized spacial score (nSPS) is 18.4. The minimum absolute atomic E-state index is 0.0680. The smallest absolute Gasteiger partial charge is 0.209 e. The first-order chi connectivity index (χ1) is 15.4. The van der Waals surface area contributed by atoms with Gasteiger partial charge in [0.15, 0.2) is 0 Å². The molecule has 1 aliphatic rings. The van der Waals surface area contributed by atoms with E-state index >= 15 is 0 Å². The fourth-order valence-corrected chi connectivity index (χ4v) is 4.65. The number of aromatic nitrogens is 1. The number of pyridine rings is 1. The van der Waals surface area contributed by atoms with Crippen molar-refractivity contribution < 1.29 is 13.6 Å². The summed E-state index contributed by atoms with van der Waals surface area (Å²) in [5, 5.41) is 3.27. The largest absolute Gasteiger partial charge is 0.353 e. The van der Waals surface area contributed by atoms with E-state index in [1.807, 2.05) is 13.1 Å². The highest BCUT2D eigenvalue weighted by atomic mass is 32.1. The van der Waals surface area contributed by atoms with E-state index < -0.39 is 0 Å². The van der Waals surface area contributed by atoms with Gasteiger partial charge in [0.2, 0.25) is 6.41 Å². The molecular formula is C25H25F2N3OS. The van der Waals surface area contributed by atoms with Gasteiger partial charge in [-0.15, -0.1) is 0 Å². The molecule has 7 heteroatoms. The van der Waals surface area contributed by atoms with Crippen molar-refractivity contribution >= 4 is 30.0 Å². The maximum atomic E-state index is 14.8. The first-order valence-corrected chi connectivity index (χ1v) is 11.0. The molecule has 0 spiro atoms. The number of carbonyl (C=O) groups excluding carboxylic acids is 1. The number of halogens is 2. The number of rotatable bonds is 5. The lowest BCUT2D eigenvalue weighted by Gasteiger charge is -2.38. The summed E-state index contributed by atoms with van der Waals surface area (Å²) in [5.74, 6) is -0.615. The lowest BCUT2D eigenvalue weighted by atomic mass is 9.76. The SMILES string of the molecule is Cc1cccc(Nc2c(C3CN(C=O)CCC3c3ccc(F)cc3)c[nH]c(=S)c2C)c1F. The summed E-state index contributed by atoms with van der Waals surface area (Å²) < 4.78 is 28.9. The maximum Gasteiger partial charge on any atom is 0.209 e. The molecule has 1 aromatic heterocycles. The average molecular weight is 454 g/mol. The van der Waals surface area contributed by atoms with Gasteiger partial charge in [0, 0.05) is 36.5 Å². The summed E-state index contributed by atoms with van der Waals surface area (Å²) in [6.45, 7) is 4.74. The van der Waals surface area contributed by atoms with Crippen LogP contribution in [0.3, 0.4) is 0 Å². The van der Waals surface area contributed by atoms with Crippen molar-refractivity contribution in [2.24, 2.45) is 0 Å². The van der Waals surface area contributed by atoms with Crippen LogP contribution < -0.4 is 5.32 Å². The molecule has 1 saturated heterocycles. The monoisotopic (exact) mass is 453 g/mol. The standard InChI is InChI=1S/C25H25F2N3OS/c1-15-4-3-5-22(23(15)27)29-24-16(2)25(32)28-12-20(24)21-13-30(14-31)11-10-19(21)17-6-8-18(26)9-7-17/h3-9,12,14,19,21H,10-11,13H2,1-2H3,(H2,28,29,32). The zero-order valence-electron chi connectivity index (χ0n) is 18.0. The van der Waals surface area contributed by atoms with Gasteiger partial charge < -0.3 is 15.2 Å². The summed E-state index contributed by atoms with van der Waals surface area (Å²) in [4.78, 5) is 16.5. The van der Waals surface area contributed by atoms with E-state index in [2.05, 4.69) is 10.3 Å². The third kappa shape index (κ3) is 4.30. The van der Waals surface area contributed by atoms with Crippen LogP contribution in [0.4, 0.5) is 20.2 Å². The zero-order valence-corrected chi connectivity index (χ0v) is 18.8. The number of hydrogen-bond acceptors (Lipinski definition) is 3. The van der Waals surface area contributed by atoms with E-state index in [0.29, 0.717) is 29.0 Å². The topological polar surface area (TPSA) is 48.1 Å². The Morgan fingerprint density at radius 3 is 2.59 bits per heavy atom. The highest BCUT2D eigenvalue weighted by Gasteiger charge is 2.33. The molecular weight excluding hydrogens is 428 g/mol. The molecule has 2 unspecified atom stereocenters. The Bertz CT molecular complexity index is 1190. The lowest BCUT2D eigenvalue weighted by Crippen LogP contribution is -2.37. The molecule has 0 radical (unpaired) electrons. The van der Waals surface area contributed by atoms with Crippen LogP contribution in [-0.4, -0.2) is 29.4 Å². The number of anilines is 2. The Morgan fingerprint density at radius 2 is 1.88 bits per heavy atom. The van der Waals surface area contributed by atoms with Gasteiger partial charge in [-0.05, 0) is 61.1 Å². The molecule has 1 aliphatic heterocycles. The quantitative estimate of drug-likeness (QED) is 0.362.